The van der Waals surface area contributed by atoms with Gasteiger partial charge < -0.3 is 4.52 Å². The van der Waals surface area contributed by atoms with Crippen molar-refractivity contribution in [1.29, 1.82) is 0 Å². The van der Waals surface area contributed by atoms with Gasteiger partial charge in [-0.25, -0.2) is 0 Å². The molecule has 0 spiro atoms. The zero-order chi connectivity index (χ0) is 10.7. The molecule has 0 aliphatic heterocycles. The lowest BCUT2D eigenvalue weighted by Gasteiger charge is -2.29. The molecular formula is C12H23O2P. The van der Waals surface area contributed by atoms with Crippen LogP contribution >= 0.6 is 7.37 Å². The van der Waals surface area contributed by atoms with Crippen LogP contribution in [0.15, 0.2) is 0 Å². The van der Waals surface area contributed by atoms with Gasteiger partial charge in [-0.3, -0.25) is 4.57 Å². The van der Waals surface area contributed by atoms with Gasteiger partial charge in [-0.05, 0) is 32.6 Å². The fourth-order valence-electron chi connectivity index (χ4n) is 3.24. The number of hydrogen-bond acceptors (Lipinski definition) is 2. The average Bonchev–Trinajstić information content (AvgIpc) is 2.92. The van der Waals surface area contributed by atoms with Crippen LogP contribution in [0.5, 0.6) is 0 Å². The Balaban J connectivity index is 2.10. The van der Waals surface area contributed by atoms with Crippen LogP contribution in [0.4, 0.5) is 0 Å². The van der Waals surface area contributed by atoms with E-state index in [4.69, 9.17) is 4.52 Å². The molecule has 2 saturated carbocycles. The van der Waals surface area contributed by atoms with Gasteiger partial charge in [0.2, 0.25) is 7.37 Å². The summed E-state index contributed by atoms with van der Waals surface area (Å²) in [7, 11) is -2.31. The van der Waals surface area contributed by atoms with Crippen molar-refractivity contribution in [3.05, 3.63) is 0 Å². The number of hydrogen-bond donors (Lipinski definition) is 0. The van der Waals surface area contributed by atoms with E-state index in [0.717, 1.165) is 25.7 Å². The van der Waals surface area contributed by atoms with Crippen LogP contribution in [0.1, 0.15) is 58.3 Å². The SMILES string of the molecule is CCOP(=O)(C1CCCC1)C1CCCC1. The second-order valence-corrected chi connectivity index (χ2v) is 7.95. The summed E-state index contributed by atoms with van der Waals surface area (Å²) in [4.78, 5) is 0. The first-order chi connectivity index (χ1) is 7.27. The van der Waals surface area contributed by atoms with E-state index in [1.807, 2.05) is 6.92 Å². The van der Waals surface area contributed by atoms with Gasteiger partial charge >= 0.3 is 0 Å². The Bertz CT molecular complexity index is 220. The monoisotopic (exact) mass is 230 g/mol. The molecule has 0 N–H and O–H groups in total. The summed E-state index contributed by atoms with van der Waals surface area (Å²) >= 11 is 0. The van der Waals surface area contributed by atoms with Crippen LogP contribution in [-0.2, 0) is 9.09 Å². The van der Waals surface area contributed by atoms with Crippen LogP contribution in [0.2, 0.25) is 0 Å². The zero-order valence-corrected chi connectivity index (χ0v) is 10.7. The molecule has 15 heavy (non-hydrogen) atoms. The summed E-state index contributed by atoms with van der Waals surface area (Å²) in [6, 6.07) is 0. The third kappa shape index (κ3) is 2.31. The molecule has 0 radical (unpaired) electrons. The topological polar surface area (TPSA) is 26.3 Å². The predicted octanol–water partition coefficient (Wildman–Crippen LogP) is 4.19. The van der Waals surface area contributed by atoms with E-state index in [1.54, 1.807) is 0 Å². The molecule has 2 rings (SSSR count). The Morgan fingerprint density at radius 3 is 1.73 bits per heavy atom. The molecule has 0 heterocycles. The van der Waals surface area contributed by atoms with E-state index in [9.17, 15) is 4.57 Å². The van der Waals surface area contributed by atoms with Gasteiger partial charge in [0, 0.05) is 11.3 Å². The largest absolute Gasteiger partial charge is 0.328 e. The molecule has 88 valence electrons. The van der Waals surface area contributed by atoms with Crippen LogP contribution in [0.25, 0.3) is 0 Å². The molecule has 3 heteroatoms. The molecule has 0 saturated heterocycles. The van der Waals surface area contributed by atoms with E-state index in [-0.39, 0.29) is 0 Å². The molecule has 2 aliphatic rings. The Labute approximate surface area is 93.2 Å². The molecule has 0 unspecified atom stereocenters. The summed E-state index contributed by atoms with van der Waals surface area (Å²) < 4.78 is 18.7. The fraction of sp³-hybridized carbons (Fsp3) is 1.00. The zero-order valence-electron chi connectivity index (χ0n) is 9.78. The van der Waals surface area contributed by atoms with Gasteiger partial charge in [-0.1, -0.05) is 25.7 Å². The highest BCUT2D eigenvalue weighted by molar-refractivity contribution is 7.60. The van der Waals surface area contributed by atoms with Gasteiger partial charge in [0.05, 0.1) is 6.61 Å². The smallest absolute Gasteiger partial charge is 0.209 e. The van der Waals surface area contributed by atoms with Crippen molar-refractivity contribution in [2.45, 2.75) is 69.6 Å². The molecule has 0 aromatic rings. The molecule has 0 atom stereocenters. The lowest BCUT2D eigenvalue weighted by Crippen LogP contribution is -2.16. The fourth-order valence-corrected chi connectivity index (χ4v) is 6.83. The number of rotatable bonds is 4. The molecular weight excluding hydrogens is 207 g/mol. The summed E-state index contributed by atoms with van der Waals surface area (Å²) in [6.45, 7) is 2.61. The van der Waals surface area contributed by atoms with Crippen molar-refractivity contribution in [1.82, 2.24) is 0 Å². The van der Waals surface area contributed by atoms with E-state index in [0.29, 0.717) is 17.9 Å². The van der Waals surface area contributed by atoms with Gasteiger partial charge in [-0.2, -0.15) is 0 Å². The molecule has 2 nitrogen and oxygen atoms in total. The Kier molecular flexibility index (Phi) is 3.90. The van der Waals surface area contributed by atoms with Crippen molar-refractivity contribution >= 4 is 7.37 Å². The van der Waals surface area contributed by atoms with Crippen LogP contribution in [-0.4, -0.2) is 17.9 Å². The lowest BCUT2D eigenvalue weighted by atomic mass is 10.4. The summed E-state index contributed by atoms with van der Waals surface area (Å²) in [5.41, 5.74) is 0.807. The van der Waals surface area contributed by atoms with Crippen molar-refractivity contribution in [2.75, 3.05) is 6.61 Å². The Morgan fingerprint density at radius 2 is 1.40 bits per heavy atom. The highest BCUT2D eigenvalue weighted by atomic mass is 31.2. The minimum Gasteiger partial charge on any atom is -0.328 e. The van der Waals surface area contributed by atoms with E-state index in [2.05, 4.69) is 0 Å². The van der Waals surface area contributed by atoms with Crippen molar-refractivity contribution in [3.8, 4) is 0 Å². The standard InChI is InChI=1S/C12H23O2P/c1-2-14-15(13,11-7-3-4-8-11)12-9-5-6-10-12/h11-12H,2-10H2,1H3. The molecule has 0 aromatic heterocycles. The second kappa shape index (κ2) is 5.01. The van der Waals surface area contributed by atoms with Crippen LogP contribution < -0.4 is 0 Å². The van der Waals surface area contributed by atoms with Gasteiger partial charge in [0.15, 0.2) is 0 Å². The van der Waals surface area contributed by atoms with Gasteiger partial charge in [-0.15, -0.1) is 0 Å². The first kappa shape index (κ1) is 11.7. The maximum absolute atomic E-state index is 13.0. The van der Waals surface area contributed by atoms with Crippen molar-refractivity contribution in [2.24, 2.45) is 0 Å². The molecule has 2 fully saturated rings. The van der Waals surface area contributed by atoms with Crippen LogP contribution in [0, 0.1) is 0 Å². The first-order valence-corrected chi connectivity index (χ1v) is 8.27. The molecule has 0 bridgehead atoms. The predicted molar refractivity (Wildman–Crippen MR) is 63.7 cm³/mol. The van der Waals surface area contributed by atoms with Crippen molar-refractivity contribution in [3.63, 3.8) is 0 Å². The first-order valence-electron chi connectivity index (χ1n) is 6.51. The maximum atomic E-state index is 13.0. The highest BCUT2D eigenvalue weighted by Crippen LogP contribution is 2.64. The van der Waals surface area contributed by atoms with E-state index in [1.165, 1.54) is 25.7 Å². The van der Waals surface area contributed by atoms with E-state index < -0.39 is 7.37 Å². The van der Waals surface area contributed by atoms with Gasteiger partial charge in [0.1, 0.15) is 0 Å². The quantitative estimate of drug-likeness (QED) is 0.677. The summed E-state index contributed by atoms with van der Waals surface area (Å²) in [5, 5.41) is 0. The highest BCUT2D eigenvalue weighted by Gasteiger charge is 2.43. The molecule has 0 aromatic carbocycles. The van der Waals surface area contributed by atoms with Crippen LogP contribution in [0.3, 0.4) is 0 Å². The lowest BCUT2D eigenvalue weighted by molar-refractivity contribution is 0.316. The minimum atomic E-state index is -2.31. The van der Waals surface area contributed by atoms with E-state index >= 15 is 0 Å². The Morgan fingerprint density at radius 1 is 1.00 bits per heavy atom. The molecule has 2 aliphatic carbocycles. The third-order valence-corrected chi connectivity index (χ3v) is 7.73. The van der Waals surface area contributed by atoms with Crippen molar-refractivity contribution < 1.29 is 9.09 Å². The minimum absolute atomic E-state index is 0.403. The Hall–Kier alpha value is 0.190. The second-order valence-electron chi connectivity index (χ2n) is 4.94. The maximum Gasteiger partial charge on any atom is 0.209 e. The third-order valence-electron chi connectivity index (χ3n) is 4.00. The normalized spacial score (nSPS) is 25.1. The summed E-state index contributed by atoms with van der Waals surface area (Å²) in [6.07, 6.45) is 9.62. The summed E-state index contributed by atoms with van der Waals surface area (Å²) in [5.74, 6) is 0. The molecule has 0 amide bonds. The average molecular weight is 230 g/mol. The van der Waals surface area contributed by atoms with Gasteiger partial charge in [0.25, 0.3) is 0 Å².